The Morgan fingerprint density at radius 1 is 1.03 bits per heavy atom. The molecule has 12 heteroatoms. The van der Waals surface area contributed by atoms with E-state index in [2.05, 4.69) is 0 Å². The third-order valence-corrected chi connectivity index (χ3v) is 7.42. The van der Waals surface area contributed by atoms with E-state index < -0.39 is 57.2 Å². The van der Waals surface area contributed by atoms with Crippen LogP contribution in [0.4, 0.5) is 26.3 Å². The summed E-state index contributed by atoms with van der Waals surface area (Å²) in [4.78, 5) is 13.8. The van der Waals surface area contributed by atoms with Gasteiger partial charge < -0.3 is 9.64 Å². The number of ether oxygens (including phenoxy) is 1. The Morgan fingerprint density at radius 3 is 2.29 bits per heavy atom. The number of benzene rings is 2. The first-order valence-electron chi connectivity index (χ1n) is 10.3. The average Bonchev–Trinajstić information content (AvgIpc) is 2.76. The van der Waals surface area contributed by atoms with E-state index in [1.165, 1.54) is 11.0 Å². The van der Waals surface area contributed by atoms with Gasteiger partial charge in [-0.25, -0.2) is 12.8 Å². The zero-order valence-electron chi connectivity index (χ0n) is 18.0. The Bertz CT molecular complexity index is 1180. The van der Waals surface area contributed by atoms with Gasteiger partial charge in [0.15, 0.2) is 0 Å². The number of alkyl halides is 5. The Hall–Kier alpha value is -2.76. The quantitative estimate of drug-likeness (QED) is 0.474. The third-order valence-electron chi connectivity index (χ3n) is 5.48. The van der Waals surface area contributed by atoms with Crippen molar-refractivity contribution in [2.24, 2.45) is 0 Å². The van der Waals surface area contributed by atoms with Gasteiger partial charge in [0.2, 0.25) is 15.7 Å². The summed E-state index contributed by atoms with van der Waals surface area (Å²) in [6.07, 6.45) is -5.88. The van der Waals surface area contributed by atoms with Gasteiger partial charge in [-0.15, -0.1) is 0 Å². The molecule has 0 fully saturated rings. The minimum Gasteiger partial charge on any atom is -0.457 e. The Morgan fingerprint density at radius 2 is 1.68 bits per heavy atom. The molecule has 3 rings (SSSR count). The highest BCUT2D eigenvalue weighted by molar-refractivity contribution is 7.92. The van der Waals surface area contributed by atoms with Gasteiger partial charge in [0, 0.05) is 32.0 Å². The van der Waals surface area contributed by atoms with Crippen LogP contribution in [0, 0.1) is 5.82 Å². The largest absolute Gasteiger partial charge is 0.457 e. The van der Waals surface area contributed by atoms with E-state index in [4.69, 9.17) is 4.74 Å². The Balaban J connectivity index is 1.69. The number of carbonyl (C=O) groups excluding carboxylic acids is 1. The highest BCUT2D eigenvalue weighted by Crippen LogP contribution is 2.34. The summed E-state index contributed by atoms with van der Waals surface area (Å²) in [7, 11) is -4.76. The van der Waals surface area contributed by atoms with Gasteiger partial charge in [-0.3, -0.25) is 4.79 Å². The average molecular weight is 509 g/mol. The fourth-order valence-electron chi connectivity index (χ4n) is 3.48. The smallest absolute Gasteiger partial charge is 0.419 e. The number of carbonyl (C=O) groups is 1. The van der Waals surface area contributed by atoms with Crippen molar-refractivity contribution in [3.8, 4) is 11.5 Å². The lowest BCUT2D eigenvalue weighted by molar-refractivity contribution is -0.140. The number of sulfone groups is 1. The molecule has 2 aromatic rings. The van der Waals surface area contributed by atoms with Crippen molar-refractivity contribution in [3.05, 3.63) is 58.9 Å². The maximum absolute atomic E-state index is 13.8. The Kier molecular flexibility index (Phi) is 7.20. The van der Waals surface area contributed by atoms with Crippen LogP contribution < -0.4 is 4.74 Å². The molecular weight excluding hydrogens is 488 g/mol. The molecule has 0 saturated carbocycles. The van der Waals surface area contributed by atoms with E-state index in [0.717, 1.165) is 18.6 Å². The van der Waals surface area contributed by atoms with Gasteiger partial charge in [0.25, 0.3) is 0 Å². The van der Waals surface area contributed by atoms with E-state index >= 15 is 0 Å². The minimum absolute atomic E-state index is 0.0664. The predicted octanol–water partition coefficient (Wildman–Crippen LogP) is 5.33. The molecule has 1 aliphatic rings. The molecule has 0 saturated heterocycles. The van der Waals surface area contributed by atoms with Crippen molar-refractivity contribution in [2.75, 3.05) is 12.3 Å². The lowest BCUT2D eigenvalue weighted by Crippen LogP contribution is -2.38. The maximum atomic E-state index is 13.8. The number of hydrogen-bond donors (Lipinski definition) is 0. The second-order valence-corrected chi connectivity index (χ2v) is 10.0. The molecule has 0 spiro atoms. The number of halogens is 6. The lowest BCUT2D eigenvalue weighted by Gasteiger charge is -2.29. The summed E-state index contributed by atoms with van der Waals surface area (Å²) in [5, 5.41) is -3.90. The molecule has 0 aromatic heterocycles. The van der Waals surface area contributed by atoms with Crippen LogP contribution in [0.15, 0.2) is 36.4 Å². The molecule has 34 heavy (non-hydrogen) atoms. The first kappa shape index (κ1) is 25.9. The molecule has 5 nitrogen and oxygen atoms in total. The van der Waals surface area contributed by atoms with Crippen molar-refractivity contribution in [2.45, 2.75) is 44.2 Å². The van der Waals surface area contributed by atoms with Gasteiger partial charge >= 0.3 is 11.4 Å². The monoisotopic (exact) mass is 509 g/mol. The van der Waals surface area contributed by atoms with Crippen LogP contribution in [0.25, 0.3) is 0 Å². The third kappa shape index (κ3) is 5.65. The predicted molar refractivity (Wildman–Crippen MR) is 111 cm³/mol. The highest BCUT2D eigenvalue weighted by atomic mass is 32.2. The van der Waals surface area contributed by atoms with E-state index in [-0.39, 0.29) is 24.6 Å². The molecule has 0 atom stereocenters. The van der Waals surface area contributed by atoms with Crippen LogP contribution in [-0.4, -0.2) is 36.8 Å². The second-order valence-electron chi connectivity index (χ2n) is 7.80. The van der Waals surface area contributed by atoms with Gasteiger partial charge in [-0.05, 0) is 41.8 Å². The van der Waals surface area contributed by atoms with Gasteiger partial charge in [-0.2, -0.15) is 22.0 Å². The summed E-state index contributed by atoms with van der Waals surface area (Å²) < 4.78 is 108. The zero-order valence-corrected chi connectivity index (χ0v) is 18.8. The number of nitrogens with zero attached hydrogens (tertiary/aromatic N) is 1. The fraction of sp³-hybridized carbons (Fsp3) is 0.409. The fourth-order valence-corrected chi connectivity index (χ4v) is 4.67. The summed E-state index contributed by atoms with van der Waals surface area (Å²) in [6.45, 7) is 1.37. The van der Waals surface area contributed by atoms with Crippen molar-refractivity contribution in [1.82, 2.24) is 4.90 Å². The molecule has 186 valence electrons. The molecular formula is C22H21F6NO4S. The summed E-state index contributed by atoms with van der Waals surface area (Å²) in [5.74, 6) is -3.02. The van der Waals surface area contributed by atoms with Crippen molar-refractivity contribution >= 4 is 15.7 Å². The molecule has 0 bridgehead atoms. The number of fused-ring (bicyclic) bond motifs is 1. The molecule has 0 radical (unpaired) electrons. The van der Waals surface area contributed by atoms with Crippen LogP contribution in [0.5, 0.6) is 11.5 Å². The van der Waals surface area contributed by atoms with Crippen LogP contribution in [0.2, 0.25) is 0 Å². The van der Waals surface area contributed by atoms with Crippen LogP contribution in [0.3, 0.4) is 0 Å². The standard InChI is InChI=1S/C22H21F6NO4S/c1-2-21(24,25)34(31,32)10-8-20(30)29-9-7-14-3-4-16(11-15(14)13-29)33-17-5-6-18(19(23)12-17)22(26,27)28/h3-6,11-12H,2,7-10,13H2,1H3. The first-order chi connectivity index (χ1) is 15.7. The molecule has 1 aliphatic heterocycles. The minimum atomic E-state index is -4.84. The summed E-state index contributed by atoms with van der Waals surface area (Å²) in [5.41, 5.74) is 0.0736. The molecule has 1 amide bonds. The summed E-state index contributed by atoms with van der Waals surface area (Å²) >= 11 is 0. The van der Waals surface area contributed by atoms with Crippen molar-refractivity contribution in [1.29, 1.82) is 0 Å². The van der Waals surface area contributed by atoms with E-state index in [1.807, 2.05) is 0 Å². The lowest BCUT2D eigenvalue weighted by atomic mass is 9.99. The second kappa shape index (κ2) is 9.47. The number of hydrogen-bond acceptors (Lipinski definition) is 4. The SMILES string of the molecule is CCC(F)(F)S(=O)(=O)CCC(=O)N1CCc2ccc(Oc3ccc(C(F)(F)F)c(F)c3)cc2C1. The maximum Gasteiger partial charge on any atom is 0.419 e. The van der Waals surface area contributed by atoms with Crippen molar-refractivity contribution < 1.29 is 44.3 Å². The molecule has 0 aliphatic carbocycles. The highest BCUT2D eigenvalue weighted by Gasteiger charge is 2.42. The van der Waals surface area contributed by atoms with Crippen LogP contribution in [0.1, 0.15) is 36.5 Å². The normalized spacial score (nSPS) is 14.6. The van der Waals surface area contributed by atoms with E-state index in [0.29, 0.717) is 24.1 Å². The first-order valence-corrected chi connectivity index (χ1v) is 11.9. The molecule has 0 N–H and O–H groups in total. The zero-order chi connectivity index (χ0) is 25.3. The van der Waals surface area contributed by atoms with Gasteiger partial charge in [-0.1, -0.05) is 13.0 Å². The van der Waals surface area contributed by atoms with Crippen LogP contribution >= 0.6 is 0 Å². The summed E-state index contributed by atoms with van der Waals surface area (Å²) in [6, 6.07) is 6.94. The van der Waals surface area contributed by atoms with Crippen LogP contribution in [-0.2, 0) is 33.8 Å². The van der Waals surface area contributed by atoms with Gasteiger partial charge in [0.05, 0.1) is 11.3 Å². The molecule has 2 aromatic carbocycles. The van der Waals surface area contributed by atoms with E-state index in [9.17, 15) is 39.6 Å². The van der Waals surface area contributed by atoms with E-state index in [1.54, 1.807) is 12.1 Å². The topological polar surface area (TPSA) is 63.7 Å². The van der Waals surface area contributed by atoms with Crippen molar-refractivity contribution in [3.63, 3.8) is 0 Å². The number of amides is 1. The molecule has 0 unspecified atom stereocenters. The number of rotatable bonds is 7. The molecule has 1 heterocycles. The van der Waals surface area contributed by atoms with Gasteiger partial charge in [0.1, 0.15) is 17.3 Å². The Labute approximate surface area is 192 Å².